The van der Waals surface area contributed by atoms with Crippen LogP contribution in [0.15, 0.2) is 64.3 Å². The van der Waals surface area contributed by atoms with Crippen LogP contribution in [0.3, 0.4) is 0 Å². The van der Waals surface area contributed by atoms with Gasteiger partial charge in [-0.1, -0.05) is 24.3 Å². The summed E-state index contributed by atoms with van der Waals surface area (Å²) in [4.78, 5) is 40.0. The van der Waals surface area contributed by atoms with Crippen LogP contribution in [0.1, 0.15) is 22.1 Å². The fraction of sp³-hybridized carbons (Fsp3) is 0.190. The van der Waals surface area contributed by atoms with Crippen LogP contribution < -0.4 is 26.2 Å². The first kappa shape index (κ1) is 18.5. The lowest BCUT2D eigenvalue weighted by Crippen LogP contribution is -2.48. The summed E-state index contributed by atoms with van der Waals surface area (Å²) >= 11 is 0. The van der Waals surface area contributed by atoms with Gasteiger partial charge in [-0.15, -0.1) is 0 Å². The molecule has 2 heterocycles. The van der Waals surface area contributed by atoms with Crippen LogP contribution in [0.2, 0.25) is 0 Å². The second-order valence-corrected chi connectivity index (χ2v) is 6.78. The predicted octanol–water partition coefficient (Wildman–Crippen LogP) is 1.86. The number of amides is 1. The third-order valence-electron chi connectivity index (χ3n) is 5.04. The fourth-order valence-electron chi connectivity index (χ4n) is 3.57. The van der Waals surface area contributed by atoms with E-state index in [4.69, 9.17) is 4.74 Å². The molecular formula is C21H20N4O4. The molecule has 3 aromatic rings. The Morgan fingerprint density at radius 2 is 1.66 bits per heavy atom. The van der Waals surface area contributed by atoms with Gasteiger partial charge in [-0.05, 0) is 24.3 Å². The minimum Gasteiger partial charge on any atom is -0.495 e. The van der Waals surface area contributed by atoms with Crippen molar-refractivity contribution >= 4 is 17.3 Å². The van der Waals surface area contributed by atoms with Gasteiger partial charge in [0.2, 0.25) is 0 Å². The Hall–Kier alpha value is -3.81. The number of nitrogens with one attached hydrogen (secondary N) is 1. The number of ether oxygens (including phenoxy) is 1. The second-order valence-electron chi connectivity index (χ2n) is 6.78. The number of carbonyl (C=O) groups excluding carboxylic acids is 1. The molecule has 4 rings (SSSR count). The number of benzene rings is 2. The predicted molar refractivity (Wildman–Crippen MR) is 110 cm³/mol. The summed E-state index contributed by atoms with van der Waals surface area (Å²) in [6, 6.07) is 14.2. The molecule has 0 spiro atoms. The highest BCUT2D eigenvalue weighted by Gasteiger charge is 2.37. The molecule has 29 heavy (non-hydrogen) atoms. The molecule has 0 bridgehead atoms. The Morgan fingerprint density at radius 3 is 2.41 bits per heavy atom. The van der Waals surface area contributed by atoms with Crippen LogP contribution in [-0.4, -0.2) is 22.2 Å². The number of nitrogens with zero attached hydrogens (tertiary/aromatic N) is 3. The number of methoxy groups -OCH3 is 1. The second kappa shape index (κ2) is 6.97. The quantitative estimate of drug-likeness (QED) is 0.735. The summed E-state index contributed by atoms with van der Waals surface area (Å²) in [6.45, 7) is 0. The van der Waals surface area contributed by atoms with Crippen molar-refractivity contribution in [1.29, 1.82) is 0 Å². The molecule has 1 aliphatic heterocycles. The lowest BCUT2D eigenvalue weighted by molar-refractivity contribution is 0.0974. The molecular weight excluding hydrogens is 372 g/mol. The van der Waals surface area contributed by atoms with Gasteiger partial charge in [-0.3, -0.25) is 19.1 Å². The number of carbonyl (C=O) groups is 1. The maximum Gasteiger partial charge on any atom is 0.330 e. The van der Waals surface area contributed by atoms with Gasteiger partial charge in [0.25, 0.3) is 11.5 Å². The molecule has 8 nitrogen and oxygen atoms in total. The van der Waals surface area contributed by atoms with Crippen molar-refractivity contribution in [3.63, 3.8) is 0 Å². The number of hydrogen-bond donors (Lipinski definition) is 1. The third-order valence-corrected chi connectivity index (χ3v) is 5.04. The van der Waals surface area contributed by atoms with E-state index in [1.165, 1.54) is 29.8 Å². The smallest absolute Gasteiger partial charge is 0.330 e. The number of hydrogen-bond acceptors (Lipinski definition) is 5. The van der Waals surface area contributed by atoms with Crippen LogP contribution >= 0.6 is 0 Å². The normalized spacial score (nSPS) is 15.6. The van der Waals surface area contributed by atoms with Crippen molar-refractivity contribution in [3.05, 3.63) is 86.7 Å². The highest BCUT2D eigenvalue weighted by atomic mass is 16.5. The first-order valence-electron chi connectivity index (χ1n) is 9.02. The van der Waals surface area contributed by atoms with E-state index in [1.807, 2.05) is 6.07 Å². The van der Waals surface area contributed by atoms with E-state index in [0.717, 1.165) is 4.57 Å². The molecule has 0 saturated heterocycles. The Balaban J connectivity index is 1.99. The molecule has 1 amide bonds. The van der Waals surface area contributed by atoms with E-state index in [0.29, 0.717) is 22.7 Å². The fourth-order valence-corrected chi connectivity index (χ4v) is 3.57. The minimum atomic E-state index is -0.820. The molecule has 0 radical (unpaired) electrons. The Kier molecular flexibility index (Phi) is 4.46. The summed E-state index contributed by atoms with van der Waals surface area (Å²) in [6.07, 6.45) is 0.644. The van der Waals surface area contributed by atoms with Gasteiger partial charge >= 0.3 is 5.69 Å². The molecule has 1 N–H and O–H groups in total. The van der Waals surface area contributed by atoms with Crippen molar-refractivity contribution in [2.45, 2.75) is 6.17 Å². The van der Waals surface area contributed by atoms with E-state index in [-0.39, 0.29) is 11.5 Å². The summed E-state index contributed by atoms with van der Waals surface area (Å²) in [7, 11) is 4.51. The number of fused-ring (bicyclic) bond motifs is 1. The number of aromatic nitrogens is 2. The van der Waals surface area contributed by atoms with Crippen molar-refractivity contribution < 1.29 is 9.53 Å². The zero-order chi connectivity index (χ0) is 20.7. The lowest BCUT2D eigenvalue weighted by Gasteiger charge is -2.38. The first-order chi connectivity index (χ1) is 13.9. The van der Waals surface area contributed by atoms with E-state index >= 15 is 0 Å². The number of aryl methyl sites for hydroxylation is 1. The molecule has 8 heteroatoms. The first-order valence-corrected chi connectivity index (χ1v) is 9.02. The Bertz CT molecular complexity index is 1230. The monoisotopic (exact) mass is 392 g/mol. The lowest BCUT2D eigenvalue weighted by atomic mass is 10.0. The van der Waals surface area contributed by atoms with E-state index in [9.17, 15) is 14.4 Å². The topological polar surface area (TPSA) is 85.6 Å². The summed E-state index contributed by atoms with van der Waals surface area (Å²) < 4.78 is 7.81. The van der Waals surface area contributed by atoms with Gasteiger partial charge in [0.1, 0.15) is 11.9 Å². The molecule has 1 atom stereocenters. The molecule has 2 aromatic carbocycles. The molecule has 0 saturated carbocycles. The zero-order valence-corrected chi connectivity index (χ0v) is 16.2. The zero-order valence-electron chi connectivity index (χ0n) is 16.2. The maximum atomic E-state index is 13.5. The van der Waals surface area contributed by atoms with Crippen LogP contribution in [0.5, 0.6) is 5.75 Å². The molecule has 1 aliphatic rings. The number of rotatable bonds is 3. The van der Waals surface area contributed by atoms with Crippen LogP contribution in [0.4, 0.5) is 11.4 Å². The van der Waals surface area contributed by atoms with Gasteiger partial charge < -0.3 is 14.6 Å². The number of anilines is 2. The highest BCUT2D eigenvalue weighted by molar-refractivity contribution is 6.12. The van der Waals surface area contributed by atoms with Gasteiger partial charge in [-0.2, -0.15) is 0 Å². The van der Waals surface area contributed by atoms with E-state index in [1.54, 1.807) is 49.5 Å². The molecule has 148 valence electrons. The minimum absolute atomic E-state index is 0.267. The summed E-state index contributed by atoms with van der Waals surface area (Å²) in [5.74, 6) is 0.221. The molecule has 0 unspecified atom stereocenters. The average Bonchev–Trinajstić information content (AvgIpc) is 2.75. The van der Waals surface area contributed by atoms with Crippen LogP contribution in [0, 0.1) is 0 Å². The Morgan fingerprint density at radius 1 is 0.966 bits per heavy atom. The van der Waals surface area contributed by atoms with E-state index in [2.05, 4.69) is 5.32 Å². The van der Waals surface area contributed by atoms with E-state index < -0.39 is 17.4 Å². The van der Waals surface area contributed by atoms with Gasteiger partial charge in [0.15, 0.2) is 0 Å². The molecule has 0 fully saturated rings. The van der Waals surface area contributed by atoms with Crippen LogP contribution in [0.25, 0.3) is 0 Å². The SMILES string of the molecule is COc1ccccc1N1C(=O)c2ccccc2N[C@@H]1c1cn(C)c(=O)n(C)c1=O. The Labute approximate surface area is 166 Å². The van der Waals surface area contributed by atoms with Crippen molar-refractivity contribution in [2.75, 3.05) is 17.3 Å². The van der Waals surface area contributed by atoms with Crippen molar-refractivity contribution in [3.8, 4) is 5.75 Å². The van der Waals surface area contributed by atoms with Crippen molar-refractivity contribution in [1.82, 2.24) is 9.13 Å². The third kappa shape index (κ3) is 2.89. The highest BCUT2D eigenvalue weighted by Crippen LogP contribution is 2.39. The average molecular weight is 392 g/mol. The van der Waals surface area contributed by atoms with Gasteiger partial charge in [0, 0.05) is 26.0 Å². The summed E-state index contributed by atoms with van der Waals surface area (Å²) in [5, 5.41) is 3.28. The maximum absolute atomic E-state index is 13.5. The summed E-state index contributed by atoms with van der Waals surface area (Å²) in [5.41, 5.74) is 0.968. The molecule has 0 aliphatic carbocycles. The largest absolute Gasteiger partial charge is 0.495 e. The molecule has 1 aromatic heterocycles. The standard InChI is InChI=1S/C21H20N4O4/c1-23-12-14(19(26)24(2)21(23)28)18-22-15-9-5-4-8-13(15)20(27)25(18)16-10-6-7-11-17(16)29-3/h4-12,18,22H,1-3H3/t18-/m0/s1. The van der Waals surface area contributed by atoms with Gasteiger partial charge in [-0.25, -0.2) is 4.79 Å². The van der Waals surface area contributed by atoms with Crippen LogP contribution in [-0.2, 0) is 14.1 Å². The van der Waals surface area contributed by atoms with Crippen molar-refractivity contribution in [2.24, 2.45) is 14.1 Å². The van der Waals surface area contributed by atoms with Gasteiger partial charge in [0.05, 0.1) is 23.9 Å². The number of para-hydroxylation sites is 3.